The SMILES string of the molecule is CN1CCC(N2CCN(Cc3cc4cnc(C#N)nc4n3CC(C)(C)C)CC2)CC1. The fourth-order valence-electron chi connectivity index (χ4n) is 4.81. The molecule has 4 heterocycles. The minimum Gasteiger partial charge on any atom is -0.328 e. The summed E-state index contributed by atoms with van der Waals surface area (Å²) in [4.78, 5) is 16.4. The van der Waals surface area contributed by atoms with E-state index >= 15 is 0 Å². The van der Waals surface area contributed by atoms with Crippen molar-refractivity contribution < 1.29 is 0 Å². The second-order valence-corrected chi connectivity index (χ2v) is 10.2. The molecule has 2 aromatic rings. The van der Waals surface area contributed by atoms with E-state index < -0.39 is 0 Å². The standard InChI is InChI=1S/C23H35N7/c1-23(2,3)17-30-20(13-18-15-25-21(14-24)26-22(18)30)16-28-9-11-29(12-10-28)19-5-7-27(4)8-6-19/h13,15,19H,5-12,16-17H2,1-4H3. The van der Waals surface area contributed by atoms with Crippen molar-refractivity contribution in [3.63, 3.8) is 0 Å². The van der Waals surface area contributed by atoms with Gasteiger partial charge in [0, 0.05) is 62.6 Å². The fraction of sp³-hybridized carbons (Fsp3) is 0.696. The van der Waals surface area contributed by atoms with Crippen LogP contribution >= 0.6 is 0 Å². The molecule has 7 heteroatoms. The van der Waals surface area contributed by atoms with E-state index in [1.165, 1.54) is 31.6 Å². The van der Waals surface area contributed by atoms with Crippen molar-refractivity contribution in [2.24, 2.45) is 5.41 Å². The van der Waals surface area contributed by atoms with Crippen LogP contribution in [-0.4, -0.2) is 81.6 Å². The van der Waals surface area contributed by atoms with Gasteiger partial charge in [0.15, 0.2) is 0 Å². The third-order valence-corrected chi connectivity index (χ3v) is 6.45. The summed E-state index contributed by atoms with van der Waals surface area (Å²) in [5.41, 5.74) is 2.29. The van der Waals surface area contributed by atoms with Gasteiger partial charge in [-0.3, -0.25) is 9.80 Å². The second-order valence-electron chi connectivity index (χ2n) is 10.2. The van der Waals surface area contributed by atoms with Crippen LogP contribution in [0.2, 0.25) is 0 Å². The van der Waals surface area contributed by atoms with E-state index in [9.17, 15) is 5.26 Å². The first-order valence-corrected chi connectivity index (χ1v) is 11.2. The number of hydrogen-bond donors (Lipinski definition) is 0. The summed E-state index contributed by atoms with van der Waals surface area (Å²) in [6.45, 7) is 15.5. The van der Waals surface area contributed by atoms with Crippen molar-refractivity contribution in [2.45, 2.75) is 52.7 Å². The number of aromatic nitrogens is 3. The molecular weight excluding hydrogens is 374 g/mol. The molecule has 0 bridgehead atoms. The smallest absolute Gasteiger partial charge is 0.234 e. The Morgan fingerprint density at radius 2 is 1.80 bits per heavy atom. The molecule has 0 spiro atoms. The summed E-state index contributed by atoms with van der Waals surface area (Å²) in [7, 11) is 2.23. The number of piperazine rings is 1. The van der Waals surface area contributed by atoms with E-state index in [4.69, 9.17) is 0 Å². The Bertz CT molecular complexity index is 904. The quantitative estimate of drug-likeness (QED) is 0.773. The lowest BCUT2D eigenvalue weighted by Gasteiger charge is -2.42. The highest BCUT2D eigenvalue weighted by Crippen LogP contribution is 2.26. The third-order valence-electron chi connectivity index (χ3n) is 6.45. The first kappa shape index (κ1) is 21.2. The molecule has 0 unspecified atom stereocenters. The van der Waals surface area contributed by atoms with Crippen LogP contribution in [0.3, 0.4) is 0 Å². The monoisotopic (exact) mass is 409 g/mol. The van der Waals surface area contributed by atoms with Gasteiger partial charge in [0.2, 0.25) is 5.82 Å². The van der Waals surface area contributed by atoms with Crippen molar-refractivity contribution in [3.8, 4) is 6.07 Å². The zero-order valence-electron chi connectivity index (χ0n) is 18.9. The number of hydrogen-bond acceptors (Lipinski definition) is 6. The molecule has 2 aliphatic rings. The maximum absolute atomic E-state index is 9.24. The lowest BCUT2D eigenvalue weighted by atomic mass is 9.97. The summed E-state index contributed by atoms with van der Waals surface area (Å²) < 4.78 is 2.31. The average Bonchev–Trinajstić information content (AvgIpc) is 3.04. The fourth-order valence-corrected chi connectivity index (χ4v) is 4.81. The van der Waals surface area contributed by atoms with Gasteiger partial charge in [-0.2, -0.15) is 5.26 Å². The first-order chi connectivity index (χ1) is 14.3. The predicted octanol–water partition coefficient (Wildman–Crippen LogP) is 2.56. The van der Waals surface area contributed by atoms with E-state index in [0.29, 0.717) is 0 Å². The maximum Gasteiger partial charge on any atom is 0.234 e. The Balaban J connectivity index is 1.47. The van der Waals surface area contributed by atoms with Crippen LogP contribution < -0.4 is 0 Å². The Hall–Kier alpha value is -2.01. The van der Waals surface area contributed by atoms with Crippen molar-refractivity contribution in [1.29, 1.82) is 5.26 Å². The van der Waals surface area contributed by atoms with Crippen LogP contribution in [0.4, 0.5) is 0 Å². The molecule has 162 valence electrons. The molecule has 0 aliphatic carbocycles. The normalized spacial score (nSPS) is 20.6. The number of rotatable bonds is 4. The molecule has 30 heavy (non-hydrogen) atoms. The van der Waals surface area contributed by atoms with Crippen molar-refractivity contribution >= 4 is 11.0 Å². The molecule has 0 aromatic carbocycles. The summed E-state index contributed by atoms with van der Waals surface area (Å²) in [6, 6.07) is 5.06. The number of likely N-dealkylation sites (tertiary alicyclic amines) is 1. The minimum absolute atomic E-state index is 0.130. The maximum atomic E-state index is 9.24. The van der Waals surface area contributed by atoms with Crippen LogP contribution in [0, 0.1) is 16.7 Å². The molecule has 2 aliphatic heterocycles. The first-order valence-electron chi connectivity index (χ1n) is 11.2. The number of piperidine rings is 1. The molecule has 0 radical (unpaired) electrons. The van der Waals surface area contributed by atoms with Crippen LogP contribution in [0.25, 0.3) is 11.0 Å². The Morgan fingerprint density at radius 1 is 1.10 bits per heavy atom. The highest BCUT2D eigenvalue weighted by molar-refractivity contribution is 5.77. The van der Waals surface area contributed by atoms with Gasteiger partial charge < -0.3 is 9.47 Å². The van der Waals surface area contributed by atoms with E-state index in [1.54, 1.807) is 6.20 Å². The Labute approximate surface area is 180 Å². The lowest BCUT2D eigenvalue weighted by Crippen LogP contribution is -2.52. The van der Waals surface area contributed by atoms with E-state index in [2.05, 4.69) is 69.2 Å². The van der Waals surface area contributed by atoms with Gasteiger partial charge in [0.1, 0.15) is 11.7 Å². The van der Waals surface area contributed by atoms with Crippen molar-refractivity contribution in [1.82, 2.24) is 29.2 Å². The van der Waals surface area contributed by atoms with Gasteiger partial charge >= 0.3 is 0 Å². The largest absolute Gasteiger partial charge is 0.328 e. The zero-order chi connectivity index (χ0) is 21.3. The highest BCUT2D eigenvalue weighted by Gasteiger charge is 2.27. The third kappa shape index (κ3) is 4.83. The molecule has 0 atom stereocenters. The minimum atomic E-state index is 0.130. The molecule has 0 saturated carbocycles. The summed E-state index contributed by atoms with van der Waals surface area (Å²) in [6.07, 6.45) is 4.40. The zero-order valence-corrected chi connectivity index (χ0v) is 18.9. The number of nitrogens with zero attached hydrogens (tertiary/aromatic N) is 7. The summed E-state index contributed by atoms with van der Waals surface area (Å²) >= 11 is 0. The van der Waals surface area contributed by atoms with Gasteiger partial charge in [-0.25, -0.2) is 9.97 Å². The Kier molecular flexibility index (Phi) is 6.10. The molecule has 7 nitrogen and oxygen atoms in total. The van der Waals surface area contributed by atoms with Crippen LogP contribution in [0.5, 0.6) is 0 Å². The van der Waals surface area contributed by atoms with Gasteiger partial charge in [0.05, 0.1) is 0 Å². The average molecular weight is 410 g/mol. The second kappa shape index (κ2) is 8.62. The predicted molar refractivity (Wildman–Crippen MR) is 119 cm³/mol. The van der Waals surface area contributed by atoms with Gasteiger partial charge in [-0.05, 0) is 44.5 Å². The molecule has 2 saturated heterocycles. The summed E-state index contributed by atoms with van der Waals surface area (Å²) in [5.74, 6) is 0.244. The van der Waals surface area contributed by atoms with E-state index in [0.717, 1.165) is 56.3 Å². The van der Waals surface area contributed by atoms with Crippen LogP contribution in [0.15, 0.2) is 12.3 Å². The van der Waals surface area contributed by atoms with E-state index in [1.807, 2.05) is 0 Å². The Morgan fingerprint density at radius 3 is 2.43 bits per heavy atom. The van der Waals surface area contributed by atoms with Gasteiger partial charge in [-0.1, -0.05) is 20.8 Å². The van der Waals surface area contributed by atoms with Crippen molar-refractivity contribution in [3.05, 3.63) is 23.8 Å². The van der Waals surface area contributed by atoms with Crippen LogP contribution in [0.1, 0.15) is 45.1 Å². The van der Waals surface area contributed by atoms with Gasteiger partial charge in [0.25, 0.3) is 0 Å². The molecule has 0 amide bonds. The lowest BCUT2D eigenvalue weighted by molar-refractivity contribution is 0.0608. The molecule has 2 fully saturated rings. The van der Waals surface area contributed by atoms with Gasteiger partial charge in [-0.15, -0.1) is 0 Å². The molecule has 4 rings (SSSR count). The summed E-state index contributed by atoms with van der Waals surface area (Å²) in [5, 5.41) is 10.3. The topological polar surface area (TPSA) is 64.2 Å². The van der Waals surface area contributed by atoms with E-state index in [-0.39, 0.29) is 11.2 Å². The number of fused-ring (bicyclic) bond motifs is 1. The molecule has 2 aromatic heterocycles. The highest BCUT2D eigenvalue weighted by atomic mass is 15.3. The van der Waals surface area contributed by atoms with Crippen molar-refractivity contribution in [2.75, 3.05) is 46.3 Å². The molecular formula is C23H35N7. The molecule has 0 N–H and O–H groups in total. The van der Waals surface area contributed by atoms with Crippen LogP contribution in [-0.2, 0) is 13.1 Å². The number of nitriles is 1.